The number of rotatable bonds is 15. The minimum atomic E-state index is 0.737. The summed E-state index contributed by atoms with van der Waals surface area (Å²) in [6.07, 6.45) is 17.2. The Morgan fingerprint density at radius 1 is 0.731 bits per heavy atom. The normalized spacial score (nSPS) is 11.3. The predicted octanol–water partition coefficient (Wildman–Crippen LogP) is 7.33. The van der Waals surface area contributed by atoms with E-state index in [0.29, 0.717) is 0 Å². The Hall–Kier alpha value is -1.16. The minimum absolute atomic E-state index is 0.737. The van der Waals surface area contributed by atoms with Gasteiger partial charge in [-0.1, -0.05) is 84.5 Å². The molecule has 0 aromatic carbocycles. The Morgan fingerprint density at radius 3 is 1.85 bits per heavy atom. The van der Waals surface area contributed by atoms with Crippen molar-refractivity contribution >= 4 is 22.4 Å². The summed E-state index contributed by atoms with van der Waals surface area (Å²) in [7, 11) is 0. The van der Waals surface area contributed by atoms with E-state index < -0.39 is 0 Å². The summed E-state index contributed by atoms with van der Waals surface area (Å²) in [5.74, 6) is 0.737. The molecular formula is C22H36N2OS. The Kier molecular flexibility index (Phi) is 10.6. The lowest BCUT2D eigenvalue weighted by molar-refractivity contribution is 0.290. The monoisotopic (exact) mass is 376 g/mol. The third-order valence-corrected chi connectivity index (χ3v) is 5.64. The molecule has 0 unspecified atom stereocenters. The first kappa shape index (κ1) is 21.1. The number of thiophene rings is 1. The highest BCUT2D eigenvalue weighted by Crippen LogP contribution is 2.22. The van der Waals surface area contributed by atoms with E-state index >= 15 is 0 Å². The maximum Gasteiger partial charge on any atom is 0.236 e. The summed E-state index contributed by atoms with van der Waals surface area (Å²) < 4.78 is 5.93. The summed E-state index contributed by atoms with van der Waals surface area (Å²) in [4.78, 5) is 9.28. The van der Waals surface area contributed by atoms with Gasteiger partial charge in [0.2, 0.25) is 5.88 Å². The van der Waals surface area contributed by atoms with Crippen molar-refractivity contribution in [2.75, 3.05) is 6.61 Å². The van der Waals surface area contributed by atoms with Crippen LogP contribution < -0.4 is 4.74 Å². The molecule has 2 aromatic rings. The van der Waals surface area contributed by atoms with Gasteiger partial charge >= 0.3 is 0 Å². The third kappa shape index (κ3) is 7.61. The number of hydrogen-bond donors (Lipinski definition) is 0. The molecule has 2 rings (SSSR count). The number of aryl methyl sites for hydroxylation is 1. The molecule has 4 heteroatoms. The zero-order chi connectivity index (χ0) is 18.5. The summed E-state index contributed by atoms with van der Waals surface area (Å²) in [5, 5.41) is 4.09. The Morgan fingerprint density at radius 2 is 1.27 bits per heavy atom. The molecular weight excluding hydrogens is 340 g/mol. The number of nitrogens with zero attached hydrogens (tertiary/aromatic N) is 2. The lowest BCUT2D eigenvalue weighted by Gasteiger charge is -2.09. The van der Waals surface area contributed by atoms with Crippen LogP contribution in [0, 0.1) is 0 Å². The van der Waals surface area contributed by atoms with Crippen molar-refractivity contribution in [1.29, 1.82) is 0 Å². The lowest BCUT2D eigenvalue weighted by atomic mass is 10.1. The highest BCUT2D eigenvalue weighted by atomic mass is 32.1. The number of hydrogen-bond acceptors (Lipinski definition) is 4. The van der Waals surface area contributed by atoms with Crippen LogP contribution in [-0.4, -0.2) is 16.6 Å². The van der Waals surface area contributed by atoms with Crippen molar-refractivity contribution in [1.82, 2.24) is 9.97 Å². The fraction of sp³-hybridized carbons (Fsp3) is 0.727. The van der Waals surface area contributed by atoms with Crippen LogP contribution in [0.4, 0.5) is 0 Å². The van der Waals surface area contributed by atoms with Gasteiger partial charge in [0.05, 0.1) is 12.1 Å². The average Bonchev–Trinajstić information content (AvgIpc) is 3.12. The van der Waals surface area contributed by atoms with Gasteiger partial charge in [-0.05, 0) is 12.8 Å². The van der Waals surface area contributed by atoms with Crippen molar-refractivity contribution in [3.8, 4) is 5.88 Å². The molecule has 0 aliphatic carbocycles. The average molecular weight is 377 g/mol. The van der Waals surface area contributed by atoms with Gasteiger partial charge in [-0.25, -0.2) is 9.97 Å². The van der Waals surface area contributed by atoms with Crippen LogP contribution in [0.3, 0.4) is 0 Å². The molecule has 146 valence electrons. The van der Waals surface area contributed by atoms with Crippen molar-refractivity contribution in [3.05, 3.63) is 16.5 Å². The summed E-state index contributed by atoms with van der Waals surface area (Å²) >= 11 is 1.65. The van der Waals surface area contributed by atoms with E-state index in [9.17, 15) is 0 Å². The molecule has 0 saturated heterocycles. The van der Waals surface area contributed by atoms with Gasteiger partial charge in [-0.2, -0.15) is 0 Å². The highest BCUT2D eigenvalue weighted by Gasteiger charge is 2.09. The van der Waals surface area contributed by atoms with Crippen molar-refractivity contribution < 1.29 is 4.74 Å². The van der Waals surface area contributed by atoms with Crippen molar-refractivity contribution in [2.45, 2.75) is 97.3 Å². The second kappa shape index (κ2) is 13.1. The first-order chi connectivity index (χ1) is 12.8. The Labute approximate surface area is 163 Å². The summed E-state index contributed by atoms with van der Waals surface area (Å²) in [5.41, 5.74) is 2.93. The molecule has 2 heterocycles. The predicted molar refractivity (Wildman–Crippen MR) is 113 cm³/mol. The van der Waals surface area contributed by atoms with Crippen LogP contribution in [-0.2, 0) is 6.42 Å². The van der Waals surface area contributed by atoms with Gasteiger partial charge in [-0.15, -0.1) is 11.3 Å². The smallest absolute Gasteiger partial charge is 0.236 e. The van der Waals surface area contributed by atoms with E-state index in [1.54, 1.807) is 11.3 Å². The number of unbranched alkanes of at least 4 members (excludes halogenated alkanes) is 11. The van der Waals surface area contributed by atoms with Gasteiger partial charge in [0.15, 0.2) is 0 Å². The summed E-state index contributed by atoms with van der Waals surface area (Å²) in [6.45, 7) is 5.15. The van der Waals surface area contributed by atoms with Crippen LogP contribution in [0.2, 0.25) is 0 Å². The molecule has 26 heavy (non-hydrogen) atoms. The number of ether oxygens (including phenoxy) is 1. The fourth-order valence-electron chi connectivity index (χ4n) is 3.28. The first-order valence-corrected chi connectivity index (χ1v) is 11.6. The van der Waals surface area contributed by atoms with E-state index in [0.717, 1.165) is 42.1 Å². The van der Waals surface area contributed by atoms with Crippen molar-refractivity contribution in [2.24, 2.45) is 0 Å². The van der Waals surface area contributed by atoms with Crippen LogP contribution in [0.25, 0.3) is 11.0 Å². The van der Waals surface area contributed by atoms with Crippen LogP contribution >= 0.6 is 11.3 Å². The fourth-order valence-corrected chi connectivity index (χ4v) is 3.95. The molecule has 0 spiro atoms. The molecule has 0 saturated carbocycles. The Bertz CT molecular complexity index is 611. The zero-order valence-corrected chi connectivity index (χ0v) is 17.6. The maximum atomic E-state index is 5.93. The quantitative estimate of drug-likeness (QED) is 0.305. The molecule has 2 aromatic heterocycles. The van der Waals surface area contributed by atoms with Crippen LogP contribution in [0.15, 0.2) is 10.8 Å². The topological polar surface area (TPSA) is 35.0 Å². The number of aromatic nitrogens is 2. The molecule has 0 aliphatic rings. The van der Waals surface area contributed by atoms with E-state index in [-0.39, 0.29) is 0 Å². The van der Waals surface area contributed by atoms with E-state index in [4.69, 9.17) is 4.74 Å². The molecule has 0 fully saturated rings. The van der Waals surface area contributed by atoms with E-state index in [2.05, 4.69) is 29.2 Å². The largest absolute Gasteiger partial charge is 0.476 e. The second-order valence-corrected chi connectivity index (χ2v) is 7.95. The third-order valence-electron chi connectivity index (χ3n) is 4.92. The SMILES string of the molecule is CCCCCCCCCCCCCCOc1nc2cscc2nc1CC. The Balaban J connectivity index is 1.49. The zero-order valence-electron chi connectivity index (χ0n) is 16.8. The van der Waals surface area contributed by atoms with Crippen molar-refractivity contribution in [3.63, 3.8) is 0 Å². The van der Waals surface area contributed by atoms with Crippen LogP contribution in [0.1, 0.15) is 96.6 Å². The lowest BCUT2D eigenvalue weighted by Crippen LogP contribution is -2.04. The standard InChI is InChI=1S/C22H36N2OS/c1-3-5-6-7-8-9-10-11-12-13-14-15-16-25-22-19(4-2)23-20-17-26-18-21(20)24-22/h17-18H,3-16H2,1-2H3. The molecule has 0 atom stereocenters. The highest BCUT2D eigenvalue weighted by molar-refractivity contribution is 7.09. The molecule has 3 nitrogen and oxygen atoms in total. The van der Waals surface area contributed by atoms with Gasteiger partial charge < -0.3 is 4.74 Å². The molecule has 0 N–H and O–H groups in total. The second-order valence-electron chi connectivity index (χ2n) is 7.21. The van der Waals surface area contributed by atoms with Gasteiger partial charge in [-0.3, -0.25) is 0 Å². The van der Waals surface area contributed by atoms with Gasteiger partial charge in [0.25, 0.3) is 0 Å². The van der Waals surface area contributed by atoms with Crippen LogP contribution in [0.5, 0.6) is 5.88 Å². The minimum Gasteiger partial charge on any atom is -0.476 e. The van der Waals surface area contributed by atoms with E-state index in [1.807, 2.05) is 5.38 Å². The van der Waals surface area contributed by atoms with Gasteiger partial charge in [0, 0.05) is 10.8 Å². The molecule has 0 amide bonds. The summed E-state index contributed by atoms with van der Waals surface area (Å²) in [6, 6.07) is 0. The first-order valence-electron chi connectivity index (χ1n) is 10.7. The molecule has 0 bridgehead atoms. The maximum absolute atomic E-state index is 5.93. The number of fused-ring (bicyclic) bond motifs is 1. The van der Waals surface area contributed by atoms with Gasteiger partial charge in [0.1, 0.15) is 11.2 Å². The van der Waals surface area contributed by atoms with E-state index in [1.165, 1.54) is 70.6 Å². The molecule has 0 aliphatic heterocycles. The molecule has 0 radical (unpaired) electrons.